The Labute approximate surface area is 124 Å². The molecule has 0 saturated carbocycles. The van der Waals surface area contributed by atoms with Gasteiger partial charge in [-0.3, -0.25) is 0 Å². The van der Waals surface area contributed by atoms with E-state index in [0.29, 0.717) is 6.04 Å². The van der Waals surface area contributed by atoms with Gasteiger partial charge in [-0.15, -0.1) is 0 Å². The van der Waals surface area contributed by atoms with Gasteiger partial charge in [0, 0.05) is 15.3 Å². The molecule has 0 bridgehead atoms. The fraction of sp³-hybridized carbons (Fsp3) is 0.600. The highest BCUT2D eigenvalue weighted by molar-refractivity contribution is 14.1. The maximum Gasteiger partial charge on any atom is 0.0353 e. The predicted molar refractivity (Wildman–Crippen MR) is 87.2 cm³/mol. The van der Waals surface area contributed by atoms with Gasteiger partial charge in [0.1, 0.15) is 0 Å². The largest absolute Gasteiger partial charge is 0.382 e. The standard InChI is InChI=1S/C15H23IN2/c1-11-4-5-14(10-15(11)16)17-12(2)13-6-8-18(3)9-7-13/h4-5,10,12-13,17H,6-9H2,1-3H3. The van der Waals surface area contributed by atoms with Gasteiger partial charge in [0.15, 0.2) is 0 Å². The first-order valence-electron chi connectivity index (χ1n) is 6.77. The molecule has 1 saturated heterocycles. The molecule has 1 aromatic rings. The lowest BCUT2D eigenvalue weighted by Crippen LogP contribution is -2.37. The lowest BCUT2D eigenvalue weighted by Gasteiger charge is -2.33. The van der Waals surface area contributed by atoms with Crippen molar-refractivity contribution in [3.8, 4) is 0 Å². The molecule has 1 atom stereocenters. The minimum absolute atomic E-state index is 0.567. The second kappa shape index (κ2) is 6.24. The van der Waals surface area contributed by atoms with Crippen LogP contribution in [-0.4, -0.2) is 31.1 Å². The van der Waals surface area contributed by atoms with Crippen LogP contribution in [0, 0.1) is 16.4 Å². The molecule has 1 aromatic carbocycles. The van der Waals surface area contributed by atoms with Gasteiger partial charge in [-0.2, -0.15) is 0 Å². The van der Waals surface area contributed by atoms with Crippen LogP contribution in [-0.2, 0) is 0 Å². The smallest absolute Gasteiger partial charge is 0.0353 e. The summed E-state index contributed by atoms with van der Waals surface area (Å²) < 4.78 is 1.34. The van der Waals surface area contributed by atoms with Gasteiger partial charge in [-0.05, 0) is 93.0 Å². The molecule has 2 nitrogen and oxygen atoms in total. The lowest BCUT2D eigenvalue weighted by atomic mass is 9.90. The van der Waals surface area contributed by atoms with Crippen molar-refractivity contribution < 1.29 is 0 Å². The van der Waals surface area contributed by atoms with Crippen LogP contribution in [0.25, 0.3) is 0 Å². The summed E-state index contributed by atoms with van der Waals surface area (Å²) in [6, 6.07) is 7.22. The summed E-state index contributed by atoms with van der Waals surface area (Å²) in [4.78, 5) is 2.43. The number of piperidine rings is 1. The molecule has 3 heteroatoms. The quantitative estimate of drug-likeness (QED) is 0.829. The molecule has 1 fully saturated rings. The minimum Gasteiger partial charge on any atom is -0.382 e. The molecular formula is C15H23IN2. The lowest BCUT2D eigenvalue weighted by molar-refractivity contribution is 0.208. The average Bonchev–Trinajstić information content (AvgIpc) is 2.34. The Morgan fingerprint density at radius 3 is 2.61 bits per heavy atom. The molecule has 18 heavy (non-hydrogen) atoms. The third kappa shape index (κ3) is 3.60. The van der Waals surface area contributed by atoms with Gasteiger partial charge in [0.2, 0.25) is 0 Å². The number of nitrogens with zero attached hydrogens (tertiary/aromatic N) is 1. The zero-order valence-corrected chi connectivity index (χ0v) is 13.7. The Hall–Kier alpha value is -0.290. The summed E-state index contributed by atoms with van der Waals surface area (Å²) in [6.45, 7) is 6.96. The van der Waals surface area contributed by atoms with Crippen molar-refractivity contribution in [1.29, 1.82) is 0 Å². The third-order valence-electron chi connectivity index (χ3n) is 4.04. The third-order valence-corrected chi connectivity index (χ3v) is 5.20. The number of hydrogen-bond donors (Lipinski definition) is 1. The van der Waals surface area contributed by atoms with E-state index in [9.17, 15) is 0 Å². The van der Waals surface area contributed by atoms with E-state index in [2.05, 4.69) is 71.9 Å². The maximum absolute atomic E-state index is 3.67. The number of halogens is 1. The van der Waals surface area contributed by atoms with Crippen LogP contribution in [0.2, 0.25) is 0 Å². The molecule has 1 N–H and O–H groups in total. The number of anilines is 1. The topological polar surface area (TPSA) is 15.3 Å². The fourth-order valence-corrected chi connectivity index (χ4v) is 3.11. The van der Waals surface area contributed by atoms with Crippen LogP contribution in [0.1, 0.15) is 25.3 Å². The normalized spacial score (nSPS) is 19.8. The predicted octanol–water partition coefficient (Wildman–Crippen LogP) is 3.74. The molecule has 1 unspecified atom stereocenters. The molecule has 1 heterocycles. The van der Waals surface area contributed by atoms with E-state index in [1.807, 2.05) is 0 Å². The highest BCUT2D eigenvalue weighted by Crippen LogP contribution is 2.24. The molecule has 0 aromatic heterocycles. The average molecular weight is 358 g/mol. The SMILES string of the molecule is Cc1ccc(NC(C)C2CCN(C)CC2)cc1I. The number of likely N-dealkylation sites (tertiary alicyclic amines) is 1. The van der Waals surface area contributed by atoms with Crippen molar-refractivity contribution in [2.45, 2.75) is 32.7 Å². The zero-order chi connectivity index (χ0) is 13.1. The van der Waals surface area contributed by atoms with Crippen molar-refractivity contribution in [3.63, 3.8) is 0 Å². The van der Waals surface area contributed by atoms with Crippen LogP contribution in [0.4, 0.5) is 5.69 Å². The van der Waals surface area contributed by atoms with Gasteiger partial charge in [-0.1, -0.05) is 6.07 Å². The van der Waals surface area contributed by atoms with Gasteiger partial charge < -0.3 is 10.2 Å². The van der Waals surface area contributed by atoms with Gasteiger partial charge in [0.05, 0.1) is 0 Å². The maximum atomic E-state index is 3.67. The number of rotatable bonds is 3. The molecule has 0 aliphatic carbocycles. The van der Waals surface area contributed by atoms with Crippen LogP contribution in [0.5, 0.6) is 0 Å². The molecule has 1 aliphatic rings. The van der Waals surface area contributed by atoms with E-state index in [1.54, 1.807) is 0 Å². The molecule has 2 rings (SSSR count). The first kappa shape index (κ1) is 14.1. The van der Waals surface area contributed by atoms with E-state index in [4.69, 9.17) is 0 Å². The fourth-order valence-electron chi connectivity index (χ4n) is 2.59. The Morgan fingerprint density at radius 2 is 2.00 bits per heavy atom. The highest BCUT2D eigenvalue weighted by Gasteiger charge is 2.22. The number of benzene rings is 1. The van der Waals surface area contributed by atoms with Crippen molar-refractivity contribution in [2.24, 2.45) is 5.92 Å². The van der Waals surface area contributed by atoms with Crippen LogP contribution < -0.4 is 5.32 Å². The minimum atomic E-state index is 0.567. The van der Waals surface area contributed by atoms with Crippen molar-refractivity contribution in [1.82, 2.24) is 4.90 Å². The second-order valence-electron chi connectivity index (χ2n) is 5.54. The summed E-state index contributed by atoms with van der Waals surface area (Å²) in [5.41, 5.74) is 2.62. The van der Waals surface area contributed by atoms with Crippen molar-refractivity contribution in [2.75, 3.05) is 25.5 Å². The Balaban J connectivity index is 1.94. The zero-order valence-electron chi connectivity index (χ0n) is 11.5. The van der Waals surface area contributed by atoms with Crippen LogP contribution in [0.15, 0.2) is 18.2 Å². The summed E-state index contributed by atoms with van der Waals surface area (Å²) in [5.74, 6) is 0.806. The van der Waals surface area contributed by atoms with E-state index < -0.39 is 0 Å². The van der Waals surface area contributed by atoms with E-state index in [1.165, 1.54) is 40.8 Å². The first-order valence-corrected chi connectivity index (χ1v) is 7.85. The molecule has 1 aliphatic heterocycles. The Kier molecular flexibility index (Phi) is 4.90. The monoisotopic (exact) mass is 358 g/mol. The van der Waals surface area contributed by atoms with E-state index in [-0.39, 0.29) is 0 Å². The van der Waals surface area contributed by atoms with Gasteiger partial charge in [-0.25, -0.2) is 0 Å². The highest BCUT2D eigenvalue weighted by atomic mass is 127. The second-order valence-corrected chi connectivity index (χ2v) is 6.70. The molecule has 0 amide bonds. The Bertz CT molecular complexity index is 397. The van der Waals surface area contributed by atoms with Crippen LogP contribution >= 0.6 is 22.6 Å². The number of hydrogen-bond acceptors (Lipinski definition) is 2. The van der Waals surface area contributed by atoms with Gasteiger partial charge >= 0.3 is 0 Å². The van der Waals surface area contributed by atoms with Crippen LogP contribution in [0.3, 0.4) is 0 Å². The molecule has 100 valence electrons. The molecule has 0 radical (unpaired) electrons. The van der Waals surface area contributed by atoms with Crippen molar-refractivity contribution >= 4 is 28.3 Å². The summed E-state index contributed by atoms with van der Waals surface area (Å²) >= 11 is 2.41. The number of nitrogens with one attached hydrogen (secondary N) is 1. The first-order chi connectivity index (χ1) is 8.56. The van der Waals surface area contributed by atoms with E-state index >= 15 is 0 Å². The summed E-state index contributed by atoms with van der Waals surface area (Å²) in [5, 5.41) is 3.67. The summed E-state index contributed by atoms with van der Waals surface area (Å²) in [7, 11) is 2.22. The van der Waals surface area contributed by atoms with Crippen molar-refractivity contribution in [3.05, 3.63) is 27.3 Å². The Morgan fingerprint density at radius 1 is 1.33 bits per heavy atom. The van der Waals surface area contributed by atoms with E-state index in [0.717, 1.165) is 5.92 Å². The molecular weight excluding hydrogens is 335 g/mol. The van der Waals surface area contributed by atoms with Gasteiger partial charge in [0.25, 0.3) is 0 Å². The molecule has 0 spiro atoms. The number of aryl methyl sites for hydroxylation is 1. The summed E-state index contributed by atoms with van der Waals surface area (Å²) in [6.07, 6.45) is 2.63.